The van der Waals surface area contributed by atoms with Crippen molar-refractivity contribution in [3.63, 3.8) is 0 Å². The van der Waals surface area contributed by atoms with Crippen LogP contribution in [0.2, 0.25) is 6.55 Å². The molecule has 0 rings (SSSR count). The number of rotatable bonds is 24. The van der Waals surface area contributed by atoms with Crippen molar-refractivity contribution in [3.05, 3.63) is 12.3 Å². The van der Waals surface area contributed by atoms with Gasteiger partial charge in [-0.3, -0.25) is 0 Å². The second-order valence-corrected chi connectivity index (χ2v) is 12.4. The van der Waals surface area contributed by atoms with E-state index in [1.165, 1.54) is 109 Å². The topological polar surface area (TPSA) is 18.5 Å². The SMILES string of the molecule is C=C[Si](C)(OCCCCCCCCCCCCCCCC)OCC(CC)CCCC. The molecule has 180 valence electrons. The summed E-state index contributed by atoms with van der Waals surface area (Å²) in [6, 6.07) is 0. The molecule has 0 aliphatic rings. The van der Waals surface area contributed by atoms with Gasteiger partial charge in [0.1, 0.15) is 0 Å². The van der Waals surface area contributed by atoms with Gasteiger partial charge in [0.25, 0.3) is 0 Å². The highest BCUT2D eigenvalue weighted by Gasteiger charge is 2.28. The Morgan fingerprint density at radius 1 is 0.667 bits per heavy atom. The van der Waals surface area contributed by atoms with Crippen LogP contribution >= 0.6 is 0 Å². The second kappa shape index (κ2) is 22.1. The maximum absolute atomic E-state index is 6.25. The van der Waals surface area contributed by atoms with Crippen molar-refractivity contribution >= 4 is 8.56 Å². The lowest BCUT2D eigenvalue weighted by atomic mass is 10.0. The molecule has 2 unspecified atom stereocenters. The van der Waals surface area contributed by atoms with E-state index in [1.807, 2.05) is 5.70 Å². The molecule has 0 aromatic heterocycles. The van der Waals surface area contributed by atoms with Gasteiger partial charge in [-0.15, -0.1) is 6.58 Å². The first kappa shape index (κ1) is 29.9. The van der Waals surface area contributed by atoms with Gasteiger partial charge in [0.05, 0.1) is 0 Å². The van der Waals surface area contributed by atoms with E-state index in [9.17, 15) is 0 Å². The Morgan fingerprint density at radius 2 is 1.13 bits per heavy atom. The summed E-state index contributed by atoms with van der Waals surface area (Å²) < 4.78 is 12.4. The van der Waals surface area contributed by atoms with Gasteiger partial charge < -0.3 is 8.85 Å². The predicted molar refractivity (Wildman–Crippen MR) is 137 cm³/mol. The quantitative estimate of drug-likeness (QED) is 0.110. The van der Waals surface area contributed by atoms with Gasteiger partial charge in [-0.05, 0) is 31.0 Å². The normalized spacial score (nSPS) is 14.5. The van der Waals surface area contributed by atoms with E-state index >= 15 is 0 Å². The summed E-state index contributed by atoms with van der Waals surface area (Å²) in [5, 5.41) is 0. The fourth-order valence-electron chi connectivity index (χ4n) is 3.91. The van der Waals surface area contributed by atoms with Gasteiger partial charge in [-0.2, -0.15) is 0 Å². The van der Waals surface area contributed by atoms with Crippen LogP contribution in [0.5, 0.6) is 0 Å². The first-order valence-electron chi connectivity index (χ1n) is 13.5. The molecular weight excluding hydrogens is 384 g/mol. The third-order valence-electron chi connectivity index (χ3n) is 6.41. The van der Waals surface area contributed by atoms with E-state index < -0.39 is 8.56 Å². The van der Waals surface area contributed by atoms with Gasteiger partial charge >= 0.3 is 8.56 Å². The number of hydrogen-bond donors (Lipinski definition) is 0. The Balaban J connectivity index is 3.56. The average molecular weight is 441 g/mol. The van der Waals surface area contributed by atoms with E-state index in [0.717, 1.165) is 19.6 Å². The Kier molecular flexibility index (Phi) is 22.0. The van der Waals surface area contributed by atoms with Gasteiger partial charge in [0, 0.05) is 13.2 Å². The summed E-state index contributed by atoms with van der Waals surface area (Å²) in [5.74, 6) is 0.668. The van der Waals surface area contributed by atoms with E-state index in [-0.39, 0.29) is 0 Å². The summed E-state index contributed by atoms with van der Waals surface area (Å²) in [7, 11) is -2.18. The fourth-order valence-corrected chi connectivity index (χ4v) is 5.35. The van der Waals surface area contributed by atoms with Crippen molar-refractivity contribution in [2.24, 2.45) is 5.92 Å². The standard InChI is InChI=1S/C27H56O2Si/c1-6-10-12-13-14-15-16-17-18-19-20-21-22-23-25-28-30(5,9-4)29-26-27(8-3)24-11-7-2/h9,27H,4,6-8,10-26H2,1-3,5H3. The third-order valence-corrected chi connectivity index (χ3v) is 8.67. The van der Waals surface area contributed by atoms with Gasteiger partial charge in [0.15, 0.2) is 0 Å². The maximum atomic E-state index is 6.25. The Morgan fingerprint density at radius 3 is 1.57 bits per heavy atom. The Bertz CT molecular complexity index is 361. The highest BCUT2D eigenvalue weighted by atomic mass is 28.4. The van der Waals surface area contributed by atoms with Crippen molar-refractivity contribution in [2.45, 2.75) is 143 Å². The summed E-state index contributed by atoms with van der Waals surface area (Å²) in [5.41, 5.74) is 1.96. The van der Waals surface area contributed by atoms with Gasteiger partial charge in [-0.25, -0.2) is 0 Å². The average Bonchev–Trinajstić information content (AvgIpc) is 2.76. The van der Waals surface area contributed by atoms with Crippen molar-refractivity contribution in [1.29, 1.82) is 0 Å². The predicted octanol–water partition coefficient (Wildman–Crippen LogP) is 9.51. The molecule has 0 N–H and O–H groups in total. The summed E-state index contributed by atoms with van der Waals surface area (Å²) in [6.45, 7) is 14.6. The molecule has 2 nitrogen and oxygen atoms in total. The zero-order valence-corrected chi connectivity index (χ0v) is 22.3. The third kappa shape index (κ3) is 18.6. The first-order valence-corrected chi connectivity index (χ1v) is 15.9. The van der Waals surface area contributed by atoms with Crippen LogP contribution in [0.4, 0.5) is 0 Å². The van der Waals surface area contributed by atoms with Crippen LogP contribution in [0.25, 0.3) is 0 Å². The maximum Gasteiger partial charge on any atom is 0.361 e. The molecule has 2 atom stereocenters. The van der Waals surface area contributed by atoms with Crippen LogP contribution in [0.1, 0.15) is 136 Å². The highest BCUT2D eigenvalue weighted by Crippen LogP contribution is 2.18. The van der Waals surface area contributed by atoms with E-state index in [1.54, 1.807) is 0 Å². The van der Waals surface area contributed by atoms with Crippen LogP contribution in [0, 0.1) is 5.92 Å². The van der Waals surface area contributed by atoms with Crippen molar-refractivity contribution in [1.82, 2.24) is 0 Å². The smallest absolute Gasteiger partial charge is 0.361 e. The van der Waals surface area contributed by atoms with Crippen LogP contribution in [0.15, 0.2) is 12.3 Å². The molecule has 0 aromatic rings. The molecule has 0 aliphatic carbocycles. The first-order chi connectivity index (χ1) is 14.6. The molecule has 0 radical (unpaired) electrons. The number of hydrogen-bond acceptors (Lipinski definition) is 2. The van der Waals surface area contributed by atoms with E-state index in [0.29, 0.717) is 5.92 Å². The van der Waals surface area contributed by atoms with Crippen LogP contribution < -0.4 is 0 Å². The van der Waals surface area contributed by atoms with Crippen LogP contribution in [-0.4, -0.2) is 21.8 Å². The molecule has 0 fully saturated rings. The molecule has 0 bridgehead atoms. The Hall–Kier alpha value is -0.123. The number of unbranched alkanes of at least 4 members (excludes halogenated alkanes) is 14. The molecule has 0 saturated carbocycles. The molecule has 30 heavy (non-hydrogen) atoms. The molecule has 0 aromatic carbocycles. The van der Waals surface area contributed by atoms with Gasteiger partial charge in [0.2, 0.25) is 0 Å². The van der Waals surface area contributed by atoms with E-state index in [4.69, 9.17) is 8.85 Å². The highest BCUT2D eigenvalue weighted by molar-refractivity contribution is 6.71. The zero-order chi connectivity index (χ0) is 22.3. The minimum atomic E-state index is -2.18. The van der Waals surface area contributed by atoms with Crippen molar-refractivity contribution in [3.8, 4) is 0 Å². The van der Waals surface area contributed by atoms with E-state index in [2.05, 4.69) is 33.9 Å². The lowest BCUT2D eigenvalue weighted by molar-refractivity contribution is 0.150. The molecule has 0 spiro atoms. The molecule has 0 heterocycles. The summed E-state index contributed by atoms with van der Waals surface area (Å²) in [6.07, 6.45) is 24.5. The fraction of sp³-hybridized carbons (Fsp3) is 0.926. The lowest BCUT2D eigenvalue weighted by Gasteiger charge is -2.26. The molecule has 0 aliphatic heterocycles. The van der Waals surface area contributed by atoms with Gasteiger partial charge in [-0.1, -0.05) is 124 Å². The Labute approximate surface area is 191 Å². The molecule has 0 saturated heterocycles. The molecule has 3 heteroatoms. The largest absolute Gasteiger partial charge is 0.391 e. The van der Waals surface area contributed by atoms with Crippen LogP contribution in [0.3, 0.4) is 0 Å². The summed E-state index contributed by atoms with van der Waals surface area (Å²) >= 11 is 0. The minimum absolute atomic E-state index is 0.668. The second-order valence-electron chi connectivity index (χ2n) is 9.39. The van der Waals surface area contributed by atoms with Crippen LogP contribution in [-0.2, 0) is 8.85 Å². The lowest BCUT2D eigenvalue weighted by Crippen LogP contribution is -2.38. The summed E-state index contributed by atoms with van der Waals surface area (Å²) in [4.78, 5) is 0. The molecular formula is C27H56O2Si. The minimum Gasteiger partial charge on any atom is -0.391 e. The molecule has 0 amide bonds. The zero-order valence-electron chi connectivity index (χ0n) is 21.3. The monoisotopic (exact) mass is 440 g/mol. The van der Waals surface area contributed by atoms with Crippen molar-refractivity contribution in [2.75, 3.05) is 13.2 Å². The van der Waals surface area contributed by atoms with Crippen molar-refractivity contribution < 1.29 is 8.85 Å².